The molecule has 0 aliphatic rings. The van der Waals surface area contributed by atoms with E-state index in [0.717, 1.165) is 11.3 Å². The summed E-state index contributed by atoms with van der Waals surface area (Å²) in [7, 11) is 1.86. The van der Waals surface area contributed by atoms with Crippen molar-refractivity contribution in [3.8, 4) is 11.4 Å². The summed E-state index contributed by atoms with van der Waals surface area (Å²) in [4.78, 5) is 9.39. The summed E-state index contributed by atoms with van der Waals surface area (Å²) in [5.41, 5.74) is 9.16. The van der Waals surface area contributed by atoms with Crippen LogP contribution >= 0.6 is 0 Å². The third kappa shape index (κ3) is 3.52. The highest BCUT2D eigenvalue weighted by Gasteiger charge is 2.25. The predicted octanol–water partition coefficient (Wildman–Crippen LogP) is 2.64. The molecule has 0 radical (unpaired) electrons. The topological polar surface area (TPSA) is 98.9 Å². The number of benzene rings is 1. The Hall–Kier alpha value is -2.93. The number of nitrogen functional groups attached to an aromatic ring is 1. The molecule has 2 heterocycles. The van der Waals surface area contributed by atoms with Gasteiger partial charge >= 0.3 is 0 Å². The molecule has 0 aliphatic heterocycles. The highest BCUT2D eigenvalue weighted by molar-refractivity contribution is 5.79. The van der Waals surface area contributed by atoms with Gasteiger partial charge in [0.15, 0.2) is 5.82 Å². The molecule has 0 saturated heterocycles. The summed E-state index contributed by atoms with van der Waals surface area (Å²) in [5, 5.41) is 5.79. The van der Waals surface area contributed by atoms with Crippen LogP contribution in [0.1, 0.15) is 32.2 Å². The first-order valence-electron chi connectivity index (χ1n) is 8.50. The van der Waals surface area contributed by atoms with Crippen molar-refractivity contribution in [2.45, 2.75) is 32.7 Å². The minimum atomic E-state index is -0.247. The van der Waals surface area contributed by atoms with Crippen LogP contribution in [0.2, 0.25) is 0 Å². The largest absolute Gasteiger partial charge is 0.394 e. The van der Waals surface area contributed by atoms with Crippen LogP contribution < -0.4 is 16.6 Å². The van der Waals surface area contributed by atoms with Crippen molar-refractivity contribution >= 4 is 11.5 Å². The van der Waals surface area contributed by atoms with Gasteiger partial charge in [0, 0.05) is 18.7 Å². The molecule has 3 rings (SSSR count). The lowest BCUT2D eigenvalue weighted by molar-refractivity contribution is 0.544. The second-order valence-electron chi connectivity index (χ2n) is 7.34. The van der Waals surface area contributed by atoms with Crippen LogP contribution in [0, 0.1) is 0 Å². The van der Waals surface area contributed by atoms with E-state index in [4.69, 9.17) is 16.6 Å². The van der Waals surface area contributed by atoms with Gasteiger partial charge in [-0.3, -0.25) is 9.69 Å². The van der Waals surface area contributed by atoms with Crippen LogP contribution in [-0.4, -0.2) is 19.7 Å². The van der Waals surface area contributed by atoms with Gasteiger partial charge in [-0.15, -0.1) is 0 Å². The lowest BCUT2D eigenvalue weighted by Crippen LogP contribution is -2.33. The molecule has 136 valence electrons. The number of aromatic nitrogens is 4. The average Bonchev–Trinajstić information content (AvgIpc) is 3.00. The number of nitrogens with zero attached hydrogens (tertiary/aromatic N) is 5. The number of nitrogens with two attached hydrogens (primary N) is 2. The Morgan fingerprint density at radius 2 is 1.77 bits per heavy atom. The van der Waals surface area contributed by atoms with Crippen LogP contribution in [0.25, 0.3) is 11.4 Å². The quantitative estimate of drug-likeness (QED) is 0.554. The SMILES string of the molecule is Cn1nccc1-c1nc(C(C)(C)C)nc(N(N)Cc2ccccc2)c1N. The summed E-state index contributed by atoms with van der Waals surface area (Å²) in [6.45, 7) is 6.69. The van der Waals surface area contributed by atoms with Crippen LogP contribution in [0.15, 0.2) is 42.6 Å². The molecule has 1 aromatic carbocycles. The molecule has 0 amide bonds. The molecule has 3 aromatic rings. The first-order valence-corrected chi connectivity index (χ1v) is 8.50. The van der Waals surface area contributed by atoms with E-state index in [9.17, 15) is 0 Å². The van der Waals surface area contributed by atoms with Crippen molar-refractivity contribution < 1.29 is 0 Å². The first-order chi connectivity index (χ1) is 12.3. The molecule has 0 spiro atoms. The Morgan fingerprint density at radius 1 is 1.08 bits per heavy atom. The third-order valence-electron chi connectivity index (χ3n) is 4.13. The van der Waals surface area contributed by atoms with E-state index in [2.05, 4.69) is 30.9 Å². The smallest absolute Gasteiger partial charge is 0.170 e. The fraction of sp³-hybridized carbons (Fsp3) is 0.316. The molecule has 0 fully saturated rings. The molecule has 2 aromatic heterocycles. The van der Waals surface area contributed by atoms with E-state index in [1.54, 1.807) is 15.9 Å². The van der Waals surface area contributed by atoms with Gasteiger partial charge in [-0.1, -0.05) is 51.1 Å². The van der Waals surface area contributed by atoms with Gasteiger partial charge in [0.2, 0.25) is 0 Å². The minimum Gasteiger partial charge on any atom is -0.394 e. The maximum atomic E-state index is 6.42. The second kappa shape index (κ2) is 6.76. The highest BCUT2D eigenvalue weighted by atomic mass is 15.4. The number of anilines is 2. The summed E-state index contributed by atoms with van der Waals surface area (Å²) < 4.78 is 1.74. The minimum absolute atomic E-state index is 0.247. The molecule has 0 saturated carbocycles. The van der Waals surface area contributed by atoms with E-state index in [1.807, 2.05) is 43.4 Å². The van der Waals surface area contributed by atoms with Gasteiger partial charge in [-0.05, 0) is 11.6 Å². The van der Waals surface area contributed by atoms with Crippen molar-refractivity contribution in [3.63, 3.8) is 0 Å². The number of hydrazine groups is 1. The van der Waals surface area contributed by atoms with Gasteiger partial charge in [0.05, 0.1) is 12.2 Å². The Morgan fingerprint density at radius 3 is 2.35 bits per heavy atom. The van der Waals surface area contributed by atoms with Gasteiger partial charge in [0.25, 0.3) is 0 Å². The molecule has 7 nitrogen and oxygen atoms in total. The molecule has 0 bridgehead atoms. The molecular formula is C19H25N7. The monoisotopic (exact) mass is 351 g/mol. The zero-order chi connectivity index (χ0) is 18.9. The molecular weight excluding hydrogens is 326 g/mol. The van der Waals surface area contributed by atoms with Crippen LogP contribution in [0.4, 0.5) is 11.5 Å². The zero-order valence-corrected chi connectivity index (χ0v) is 15.6. The number of hydrogen-bond acceptors (Lipinski definition) is 6. The first kappa shape index (κ1) is 17.9. The van der Waals surface area contributed by atoms with Crippen molar-refractivity contribution in [1.29, 1.82) is 0 Å². The van der Waals surface area contributed by atoms with Crippen LogP contribution in [0.3, 0.4) is 0 Å². The Balaban J connectivity index is 2.10. The fourth-order valence-electron chi connectivity index (χ4n) is 2.67. The summed E-state index contributed by atoms with van der Waals surface area (Å²) >= 11 is 0. The molecule has 0 atom stereocenters. The fourth-order valence-corrected chi connectivity index (χ4v) is 2.67. The van der Waals surface area contributed by atoms with Crippen LogP contribution in [-0.2, 0) is 19.0 Å². The van der Waals surface area contributed by atoms with E-state index in [0.29, 0.717) is 29.6 Å². The Kier molecular flexibility index (Phi) is 4.65. The molecule has 0 aliphatic carbocycles. The van der Waals surface area contributed by atoms with Gasteiger partial charge < -0.3 is 5.73 Å². The van der Waals surface area contributed by atoms with Crippen LogP contribution in [0.5, 0.6) is 0 Å². The average molecular weight is 351 g/mol. The number of aryl methyl sites for hydroxylation is 1. The van der Waals surface area contributed by atoms with Gasteiger partial charge in [-0.25, -0.2) is 15.8 Å². The normalized spacial score (nSPS) is 11.6. The zero-order valence-electron chi connectivity index (χ0n) is 15.6. The van der Waals surface area contributed by atoms with Gasteiger partial charge in [-0.2, -0.15) is 5.10 Å². The van der Waals surface area contributed by atoms with E-state index >= 15 is 0 Å². The molecule has 26 heavy (non-hydrogen) atoms. The van der Waals surface area contributed by atoms with Gasteiger partial charge in [0.1, 0.15) is 17.2 Å². The summed E-state index contributed by atoms with van der Waals surface area (Å²) in [5.74, 6) is 7.54. The highest BCUT2D eigenvalue weighted by Crippen LogP contribution is 2.33. The van der Waals surface area contributed by atoms with E-state index in [1.165, 1.54) is 0 Å². The number of rotatable bonds is 4. The predicted molar refractivity (Wildman–Crippen MR) is 104 cm³/mol. The van der Waals surface area contributed by atoms with Crippen molar-refractivity contribution in [2.75, 3.05) is 10.7 Å². The molecule has 0 unspecified atom stereocenters. The second-order valence-corrected chi connectivity index (χ2v) is 7.34. The lowest BCUT2D eigenvalue weighted by atomic mass is 9.95. The third-order valence-corrected chi connectivity index (χ3v) is 4.13. The maximum Gasteiger partial charge on any atom is 0.170 e. The summed E-state index contributed by atoms with van der Waals surface area (Å²) in [6, 6.07) is 11.9. The Labute approximate surface area is 153 Å². The summed E-state index contributed by atoms with van der Waals surface area (Å²) in [6.07, 6.45) is 1.72. The molecule has 7 heteroatoms. The van der Waals surface area contributed by atoms with Crippen molar-refractivity contribution in [1.82, 2.24) is 19.7 Å². The lowest BCUT2D eigenvalue weighted by Gasteiger charge is -2.25. The van der Waals surface area contributed by atoms with Crippen molar-refractivity contribution in [2.24, 2.45) is 12.9 Å². The standard InChI is InChI=1S/C19H25N7/c1-19(2,3)18-23-16(14-10-11-22-25(14)4)15(20)17(24-18)26(21)12-13-8-6-5-7-9-13/h5-11H,12,20-21H2,1-4H3. The van der Waals surface area contributed by atoms with E-state index in [-0.39, 0.29) is 5.41 Å². The number of hydrogen-bond donors (Lipinski definition) is 2. The van der Waals surface area contributed by atoms with Crippen molar-refractivity contribution in [3.05, 3.63) is 54.0 Å². The van der Waals surface area contributed by atoms with E-state index < -0.39 is 0 Å². The maximum absolute atomic E-state index is 6.42. The molecule has 4 N–H and O–H groups in total. The Bertz CT molecular complexity index is 894.